The standard InChI is InChI=1S/C24H28.Zr/c1-2-6-18-11-13-21(14-12-18)23-10-5-9-22-16-20(17-24(22)23)15-19-7-3-4-8-19;/h5,9-14,17,19H,2-4,6-8,15-16H2,1H3;. The molecule has 0 atom stereocenters. The van der Waals surface area contributed by atoms with E-state index in [1.807, 2.05) is 0 Å². The van der Waals surface area contributed by atoms with Gasteiger partial charge in [-0.05, 0) is 53.0 Å². The van der Waals surface area contributed by atoms with Crippen LogP contribution in [0.5, 0.6) is 0 Å². The van der Waals surface area contributed by atoms with E-state index >= 15 is 0 Å². The number of hydrogen-bond acceptors (Lipinski definition) is 0. The summed E-state index contributed by atoms with van der Waals surface area (Å²) in [4.78, 5) is 0. The van der Waals surface area contributed by atoms with Crippen LogP contribution in [0.4, 0.5) is 0 Å². The minimum Gasteiger partial charge on any atom is -0.0651 e. The molecule has 0 nitrogen and oxygen atoms in total. The summed E-state index contributed by atoms with van der Waals surface area (Å²) in [5.74, 6) is 0.947. The minimum absolute atomic E-state index is 0. The second-order valence-electron chi connectivity index (χ2n) is 7.66. The summed E-state index contributed by atoms with van der Waals surface area (Å²) in [7, 11) is 0. The van der Waals surface area contributed by atoms with Crippen molar-refractivity contribution in [2.45, 2.75) is 58.3 Å². The third-order valence-corrected chi connectivity index (χ3v) is 5.79. The topological polar surface area (TPSA) is 0 Å². The second-order valence-corrected chi connectivity index (χ2v) is 7.66. The number of benzene rings is 2. The van der Waals surface area contributed by atoms with Gasteiger partial charge in [-0.25, -0.2) is 0 Å². The molecular formula is C24H28Zr. The molecule has 0 radical (unpaired) electrons. The summed E-state index contributed by atoms with van der Waals surface area (Å²) in [5.41, 5.74) is 8.90. The molecule has 0 aliphatic heterocycles. The normalized spacial score (nSPS) is 16.4. The number of fused-ring (bicyclic) bond motifs is 1. The summed E-state index contributed by atoms with van der Waals surface area (Å²) >= 11 is 0. The van der Waals surface area contributed by atoms with Crippen molar-refractivity contribution < 1.29 is 26.2 Å². The molecule has 1 heteroatoms. The van der Waals surface area contributed by atoms with Crippen molar-refractivity contribution in [3.63, 3.8) is 0 Å². The molecule has 2 aromatic rings. The van der Waals surface area contributed by atoms with E-state index in [0.29, 0.717) is 0 Å². The molecule has 0 heterocycles. The summed E-state index contributed by atoms with van der Waals surface area (Å²) in [5, 5.41) is 0. The Hall–Kier alpha value is -0.937. The van der Waals surface area contributed by atoms with Crippen molar-refractivity contribution in [2.24, 2.45) is 5.92 Å². The van der Waals surface area contributed by atoms with Crippen LogP contribution in [0.2, 0.25) is 0 Å². The van der Waals surface area contributed by atoms with Crippen LogP contribution in [0, 0.1) is 5.92 Å². The average Bonchev–Trinajstić information content (AvgIpc) is 3.25. The van der Waals surface area contributed by atoms with Gasteiger partial charge in [0.2, 0.25) is 0 Å². The Kier molecular flexibility index (Phi) is 6.51. The van der Waals surface area contributed by atoms with Crippen LogP contribution in [-0.2, 0) is 39.0 Å². The van der Waals surface area contributed by atoms with Gasteiger partial charge in [0, 0.05) is 26.2 Å². The number of allylic oxidation sites excluding steroid dienone is 1. The predicted molar refractivity (Wildman–Crippen MR) is 104 cm³/mol. The van der Waals surface area contributed by atoms with E-state index in [-0.39, 0.29) is 26.2 Å². The summed E-state index contributed by atoms with van der Waals surface area (Å²) in [6, 6.07) is 16.1. The van der Waals surface area contributed by atoms with Crippen molar-refractivity contribution in [1.29, 1.82) is 0 Å². The molecular weight excluding hydrogens is 379 g/mol. The zero-order valence-electron chi connectivity index (χ0n) is 15.4. The molecule has 0 spiro atoms. The number of hydrogen-bond donors (Lipinski definition) is 0. The second kappa shape index (κ2) is 8.63. The third kappa shape index (κ3) is 4.25. The summed E-state index contributed by atoms with van der Waals surface area (Å²) < 4.78 is 0. The maximum absolute atomic E-state index is 2.50. The molecule has 0 bridgehead atoms. The van der Waals surface area contributed by atoms with Gasteiger partial charge >= 0.3 is 0 Å². The molecule has 2 aromatic carbocycles. The van der Waals surface area contributed by atoms with Crippen LogP contribution in [0.1, 0.15) is 62.1 Å². The summed E-state index contributed by atoms with van der Waals surface area (Å²) in [6.45, 7) is 2.24. The molecule has 0 saturated heterocycles. The van der Waals surface area contributed by atoms with Crippen molar-refractivity contribution in [2.75, 3.05) is 0 Å². The van der Waals surface area contributed by atoms with Gasteiger partial charge in [-0.2, -0.15) is 0 Å². The predicted octanol–water partition coefficient (Wildman–Crippen LogP) is 6.82. The van der Waals surface area contributed by atoms with Gasteiger partial charge in [-0.1, -0.05) is 93.1 Å². The first-order valence-corrected chi connectivity index (χ1v) is 9.74. The van der Waals surface area contributed by atoms with Crippen LogP contribution in [0.3, 0.4) is 0 Å². The van der Waals surface area contributed by atoms with E-state index in [1.54, 1.807) is 5.57 Å². The van der Waals surface area contributed by atoms with E-state index in [9.17, 15) is 0 Å². The molecule has 128 valence electrons. The maximum Gasteiger partial charge on any atom is 0 e. The smallest absolute Gasteiger partial charge is 0 e. The van der Waals surface area contributed by atoms with Crippen molar-refractivity contribution in [3.8, 4) is 11.1 Å². The fraction of sp³-hybridized carbons (Fsp3) is 0.417. The molecule has 0 amide bonds. The largest absolute Gasteiger partial charge is 0.0651 e. The van der Waals surface area contributed by atoms with Crippen molar-refractivity contribution in [1.82, 2.24) is 0 Å². The van der Waals surface area contributed by atoms with Gasteiger partial charge in [-0.3, -0.25) is 0 Å². The van der Waals surface area contributed by atoms with Crippen molar-refractivity contribution in [3.05, 3.63) is 64.7 Å². The Morgan fingerprint density at radius 3 is 2.44 bits per heavy atom. The average molecular weight is 408 g/mol. The fourth-order valence-electron chi connectivity index (χ4n) is 4.55. The molecule has 2 aliphatic rings. The molecule has 0 N–H and O–H groups in total. The van der Waals surface area contributed by atoms with Gasteiger partial charge in [0.05, 0.1) is 0 Å². The summed E-state index contributed by atoms with van der Waals surface area (Å²) in [6.07, 6.45) is 13.2. The fourth-order valence-corrected chi connectivity index (χ4v) is 4.55. The van der Waals surface area contributed by atoms with E-state index in [2.05, 4.69) is 55.5 Å². The Morgan fingerprint density at radius 2 is 1.72 bits per heavy atom. The third-order valence-electron chi connectivity index (χ3n) is 5.79. The van der Waals surface area contributed by atoms with Gasteiger partial charge in [0.25, 0.3) is 0 Å². The molecule has 0 unspecified atom stereocenters. The van der Waals surface area contributed by atoms with Gasteiger partial charge in [0.1, 0.15) is 0 Å². The first kappa shape index (κ1) is 18.8. The van der Waals surface area contributed by atoms with Crippen LogP contribution in [0.25, 0.3) is 17.2 Å². The van der Waals surface area contributed by atoms with Crippen molar-refractivity contribution >= 4 is 6.08 Å². The quantitative estimate of drug-likeness (QED) is 0.510. The van der Waals surface area contributed by atoms with Crippen LogP contribution < -0.4 is 0 Å². The Bertz CT molecular complexity index is 733. The molecule has 0 aromatic heterocycles. The first-order valence-electron chi connectivity index (χ1n) is 9.74. The molecule has 4 rings (SSSR count). The molecule has 25 heavy (non-hydrogen) atoms. The zero-order chi connectivity index (χ0) is 16.4. The minimum atomic E-state index is 0. The van der Waals surface area contributed by atoms with E-state index in [0.717, 1.165) is 5.92 Å². The molecule has 1 fully saturated rings. The zero-order valence-corrected chi connectivity index (χ0v) is 17.8. The Labute approximate surface area is 171 Å². The van der Waals surface area contributed by atoms with Gasteiger partial charge < -0.3 is 0 Å². The van der Waals surface area contributed by atoms with E-state index in [1.165, 1.54) is 79.2 Å². The van der Waals surface area contributed by atoms with Crippen LogP contribution >= 0.6 is 0 Å². The van der Waals surface area contributed by atoms with Gasteiger partial charge in [-0.15, -0.1) is 0 Å². The van der Waals surface area contributed by atoms with Crippen LogP contribution in [-0.4, -0.2) is 0 Å². The number of rotatable bonds is 5. The van der Waals surface area contributed by atoms with E-state index in [4.69, 9.17) is 0 Å². The monoisotopic (exact) mass is 406 g/mol. The first-order chi connectivity index (χ1) is 11.8. The Balaban J connectivity index is 0.00000182. The molecule has 1 saturated carbocycles. The maximum atomic E-state index is 2.50. The Morgan fingerprint density at radius 1 is 0.960 bits per heavy atom. The SMILES string of the molecule is CCCc1ccc(-c2cccc3c2C=C(CC2CCCC2)C3)cc1.[Zr]. The van der Waals surface area contributed by atoms with Gasteiger partial charge in [0.15, 0.2) is 0 Å². The molecule has 2 aliphatic carbocycles. The van der Waals surface area contributed by atoms with E-state index < -0.39 is 0 Å². The number of aryl methyl sites for hydroxylation is 1. The van der Waals surface area contributed by atoms with Crippen LogP contribution in [0.15, 0.2) is 48.0 Å².